The summed E-state index contributed by atoms with van der Waals surface area (Å²) in [7, 11) is 0. The number of hydrogen-bond donors (Lipinski definition) is 2. The number of hydrogen-bond acceptors (Lipinski definition) is 4. The fraction of sp³-hybridized carbons (Fsp3) is 0.294. The number of nitrogens with one attached hydrogen (secondary N) is 1. The van der Waals surface area contributed by atoms with Crippen molar-refractivity contribution >= 4 is 12.4 Å². The van der Waals surface area contributed by atoms with Gasteiger partial charge in [-0.15, -0.1) is 12.4 Å². The van der Waals surface area contributed by atoms with Crippen molar-refractivity contribution in [3.05, 3.63) is 59.7 Å². The van der Waals surface area contributed by atoms with E-state index in [1.807, 2.05) is 55.5 Å². The van der Waals surface area contributed by atoms with Crippen LogP contribution in [-0.2, 0) is 6.54 Å². The average molecular weight is 322 g/mol. The van der Waals surface area contributed by atoms with Gasteiger partial charge >= 0.3 is 0 Å². The van der Waals surface area contributed by atoms with E-state index >= 15 is 0 Å². The third-order valence-corrected chi connectivity index (χ3v) is 3.68. The van der Waals surface area contributed by atoms with Crippen molar-refractivity contribution in [1.29, 1.82) is 0 Å². The van der Waals surface area contributed by atoms with Gasteiger partial charge in [0, 0.05) is 12.6 Å². The highest BCUT2D eigenvalue weighted by molar-refractivity contribution is 5.85. The van der Waals surface area contributed by atoms with Crippen LogP contribution in [0, 0.1) is 0 Å². The Kier molecular flexibility index (Phi) is 5.66. The Morgan fingerprint density at radius 1 is 1.09 bits per heavy atom. The van der Waals surface area contributed by atoms with Crippen molar-refractivity contribution < 1.29 is 14.6 Å². The summed E-state index contributed by atoms with van der Waals surface area (Å²) in [6, 6.07) is 15.5. The molecule has 2 aromatic rings. The second-order valence-corrected chi connectivity index (χ2v) is 5.21. The summed E-state index contributed by atoms with van der Waals surface area (Å²) in [5, 5.41) is 13.7. The molecular formula is C17H20ClNO3. The van der Waals surface area contributed by atoms with Crippen LogP contribution in [0.5, 0.6) is 11.5 Å². The Bertz CT molecular complexity index is 606. The first-order valence-corrected chi connectivity index (χ1v) is 7.09. The summed E-state index contributed by atoms with van der Waals surface area (Å²) in [4.78, 5) is 0. The molecule has 0 amide bonds. The van der Waals surface area contributed by atoms with Crippen LogP contribution in [0.2, 0.25) is 0 Å². The third kappa shape index (κ3) is 3.71. The molecule has 0 aliphatic carbocycles. The lowest BCUT2D eigenvalue weighted by atomic mass is 10.0. The molecule has 1 aliphatic heterocycles. The number of ether oxygens (including phenoxy) is 2. The van der Waals surface area contributed by atoms with Gasteiger partial charge in [0.1, 0.15) is 0 Å². The molecule has 1 aliphatic rings. The molecule has 118 valence electrons. The summed E-state index contributed by atoms with van der Waals surface area (Å²) in [6.45, 7) is 2.93. The molecule has 2 N–H and O–H groups in total. The van der Waals surface area contributed by atoms with Crippen molar-refractivity contribution in [2.75, 3.05) is 6.79 Å². The zero-order valence-corrected chi connectivity index (χ0v) is 13.2. The normalized spacial score (nSPS) is 15.0. The fourth-order valence-electron chi connectivity index (χ4n) is 2.38. The largest absolute Gasteiger partial charge is 0.454 e. The van der Waals surface area contributed by atoms with Gasteiger partial charge in [-0.25, -0.2) is 0 Å². The molecule has 4 nitrogen and oxygen atoms in total. The molecule has 0 saturated heterocycles. The number of rotatable bonds is 5. The SMILES string of the molecule is CC(NCc1ccc2c(c1)OCO2)C(O)c1ccccc1.Cl. The monoisotopic (exact) mass is 321 g/mol. The quantitative estimate of drug-likeness (QED) is 0.888. The molecule has 1 heterocycles. The molecular weight excluding hydrogens is 302 g/mol. The number of halogens is 1. The standard InChI is InChI=1S/C17H19NO3.ClH/c1-12(17(19)14-5-3-2-4-6-14)18-10-13-7-8-15-16(9-13)21-11-20-15;/h2-9,12,17-19H,10-11H2,1H3;1H. The van der Waals surface area contributed by atoms with Crippen LogP contribution in [0.3, 0.4) is 0 Å². The molecule has 22 heavy (non-hydrogen) atoms. The predicted molar refractivity (Wildman–Crippen MR) is 87.5 cm³/mol. The fourth-order valence-corrected chi connectivity index (χ4v) is 2.38. The van der Waals surface area contributed by atoms with Crippen molar-refractivity contribution in [3.8, 4) is 11.5 Å². The van der Waals surface area contributed by atoms with Crippen LogP contribution in [-0.4, -0.2) is 17.9 Å². The van der Waals surface area contributed by atoms with Gasteiger partial charge in [0.05, 0.1) is 6.10 Å². The van der Waals surface area contributed by atoms with Gasteiger partial charge < -0.3 is 19.9 Å². The van der Waals surface area contributed by atoms with E-state index in [1.165, 1.54) is 0 Å². The highest BCUT2D eigenvalue weighted by Gasteiger charge is 2.17. The van der Waals surface area contributed by atoms with Crippen LogP contribution in [0.15, 0.2) is 48.5 Å². The first kappa shape index (κ1) is 16.6. The molecule has 0 saturated carbocycles. The molecule has 3 rings (SSSR count). The van der Waals surface area contributed by atoms with E-state index in [1.54, 1.807) is 0 Å². The van der Waals surface area contributed by atoms with Gasteiger partial charge in [-0.2, -0.15) is 0 Å². The van der Waals surface area contributed by atoms with E-state index in [0.717, 1.165) is 22.6 Å². The summed E-state index contributed by atoms with van der Waals surface area (Å²) >= 11 is 0. The van der Waals surface area contributed by atoms with Crippen molar-refractivity contribution in [1.82, 2.24) is 5.32 Å². The summed E-state index contributed by atoms with van der Waals surface area (Å²) in [5.74, 6) is 1.57. The van der Waals surface area contributed by atoms with Crippen molar-refractivity contribution in [3.63, 3.8) is 0 Å². The molecule has 2 unspecified atom stereocenters. The highest BCUT2D eigenvalue weighted by Crippen LogP contribution is 2.32. The van der Waals surface area contributed by atoms with E-state index in [-0.39, 0.29) is 25.2 Å². The topological polar surface area (TPSA) is 50.7 Å². The van der Waals surface area contributed by atoms with Crippen LogP contribution < -0.4 is 14.8 Å². The molecule has 2 atom stereocenters. The third-order valence-electron chi connectivity index (χ3n) is 3.68. The van der Waals surface area contributed by atoms with Crippen LogP contribution in [0.25, 0.3) is 0 Å². The smallest absolute Gasteiger partial charge is 0.231 e. The van der Waals surface area contributed by atoms with Crippen molar-refractivity contribution in [2.45, 2.75) is 25.6 Å². The lowest BCUT2D eigenvalue weighted by Gasteiger charge is -2.20. The molecule has 0 radical (unpaired) electrons. The lowest BCUT2D eigenvalue weighted by Crippen LogP contribution is -2.31. The maximum atomic E-state index is 10.3. The highest BCUT2D eigenvalue weighted by atomic mass is 35.5. The number of fused-ring (bicyclic) bond motifs is 1. The number of aliphatic hydroxyl groups is 1. The second kappa shape index (κ2) is 7.49. The molecule has 0 bridgehead atoms. The Hall–Kier alpha value is -1.75. The minimum atomic E-state index is -0.528. The van der Waals surface area contributed by atoms with Crippen molar-refractivity contribution in [2.24, 2.45) is 0 Å². The van der Waals surface area contributed by atoms with Gasteiger partial charge in [-0.1, -0.05) is 36.4 Å². The minimum absolute atomic E-state index is 0. The van der Waals surface area contributed by atoms with Crippen LogP contribution >= 0.6 is 12.4 Å². The first-order valence-electron chi connectivity index (χ1n) is 7.09. The van der Waals surface area contributed by atoms with Gasteiger partial charge in [0.15, 0.2) is 11.5 Å². The van der Waals surface area contributed by atoms with Crippen LogP contribution in [0.1, 0.15) is 24.2 Å². The number of aliphatic hydroxyl groups excluding tert-OH is 1. The van der Waals surface area contributed by atoms with Crippen LogP contribution in [0.4, 0.5) is 0 Å². The molecule has 0 aromatic heterocycles. The first-order chi connectivity index (χ1) is 10.2. The zero-order valence-electron chi connectivity index (χ0n) is 12.4. The Morgan fingerprint density at radius 3 is 2.59 bits per heavy atom. The Balaban J connectivity index is 0.00000176. The second-order valence-electron chi connectivity index (χ2n) is 5.21. The maximum Gasteiger partial charge on any atom is 0.231 e. The van der Waals surface area contributed by atoms with Gasteiger partial charge in [0.25, 0.3) is 0 Å². The number of benzene rings is 2. The van der Waals surface area contributed by atoms with Gasteiger partial charge in [-0.3, -0.25) is 0 Å². The van der Waals surface area contributed by atoms with E-state index in [9.17, 15) is 5.11 Å². The lowest BCUT2D eigenvalue weighted by molar-refractivity contribution is 0.135. The molecule has 0 fully saturated rings. The minimum Gasteiger partial charge on any atom is -0.454 e. The van der Waals surface area contributed by atoms with E-state index in [4.69, 9.17) is 9.47 Å². The van der Waals surface area contributed by atoms with E-state index in [0.29, 0.717) is 6.54 Å². The Labute approximate surface area is 136 Å². The summed E-state index contributed by atoms with van der Waals surface area (Å²) in [5.41, 5.74) is 2.02. The van der Waals surface area contributed by atoms with Gasteiger partial charge in [0.2, 0.25) is 6.79 Å². The average Bonchev–Trinajstić information content (AvgIpc) is 3.00. The van der Waals surface area contributed by atoms with E-state index in [2.05, 4.69) is 5.32 Å². The summed E-state index contributed by atoms with van der Waals surface area (Å²) < 4.78 is 10.7. The van der Waals surface area contributed by atoms with E-state index < -0.39 is 6.10 Å². The zero-order chi connectivity index (χ0) is 14.7. The maximum absolute atomic E-state index is 10.3. The van der Waals surface area contributed by atoms with Gasteiger partial charge in [-0.05, 0) is 30.2 Å². The molecule has 0 spiro atoms. The predicted octanol–water partition coefficient (Wildman–Crippen LogP) is 3.05. The summed E-state index contributed by atoms with van der Waals surface area (Å²) in [6.07, 6.45) is -0.528. The Morgan fingerprint density at radius 2 is 1.82 bits per heavy atom. The molecule has 2 aromatic carbocycles. The molecule has 5 heteroatoms.